The summed E-state index contributed by atoms with van der Waals surface area (Å²) in [5.41, 5.74) is 8.21. The van der Waals surface area contributed by atoms with Crippen molar-refractivity contribution in [1.82, 2.24) is 0 Å². The van der Waals surface area contributed by atoms with Gasteiger partial charge in [-0.1, -0.05) is 15.9 Å². The van der Waals surface area contributed by atoms with Gasteiger partial charge in [-0.3, -0.25) is 0 Å². The molecule has 0 aromatic heterocycles. The Balaban J connectivity index is 2.09. The van der Waals surface area contributed by atoms with Crippen LogP contribution in [0.2, 0.25) is 0 Å². The molecule has 4 heteroatoms. The average molecular weight is 466 g/mol. The van der Waals surface area contributed by atoms with E-state index in [0.29, 0.717) is 5.75 Å². The highest BCUT2D eigenvalue weighted by atomic mass is 79.9. The summed E-state index contributed by atoms with van der Waals surface area (Å²) in [5, 5.41) is 21.1. The van der Waals surface area contributed by atoms with Gasteiger partial charge in [-0.05, 0) is 113 Å². The van der Waals surface area contributed by atoms with E-state index in [2.05, 4.69) is 44.0 Å². The van der Waals surface area contributed by atoms with Crippen LogP contribution in [0, 0.1) is 0 Å². The number of halogens is 2. The maximum Gasteiger partial charge on any atom is 0.137 e. The molecule has 0 unspecified atom stereocenters. The minimum Gasteiger partial charge on any atom is -0.506 e. The summed E-state index contributed by atoms with van der Waals surface area (Å²) in [6, 6.07) is 4.25. The highest BCUT2D eigenvalue weighted by molar-refractivity contribution is 9.10. The minimum atomic E-state index is -0.0239. The van der Waals surface area contributed by atoms with Crippen LogP contribution in [0.25, 0.3) is 11.1 Å². The van der Waals surface area contributed by atoms with E-state index in [-0.39, 0.29) is 6.61 Å². The first-order valence-electron chi connectivity index (χ1n) is 9.09. The van der Waals surface area contributed by atoms with Crippen molar-refractivity contribution in [1.29, 1.82) is 0 Å². The molecule has 0 fully saturated rings. The summed E-state index contributed by atoms with van der Waals surface area (Å²) in [4.78, 5) is 0. The Morgan fingerprint density at radius 2 is 1.28 bits per heavy atom. The van der Waals surface area contributed by atoms with E-state index in [1.54, 1.807) is 0 Å². The number of rotatable bonds is 2. The molecule has 2 aliphatic carbocycles. The lowest BCUT2D eigenvalue weighted by molar-refractivity contribution is 0.281. The first kappa shape index (κ1) is 17.6. The van der Waals surface area contributed by atoms with Crippen molar-refractivity contribution in [3.05, 3.63) is 48.9 Å². The Labute approximate surface area is 165 Å². The van der Waals surface area contributed by atoms with Crippen LogP contribution >= 0.6 is 31.9 Å². The van der Waals surface area contributed by atoms with E-state index in [0.717, 1.165) is 57.7 Å². The molecule has 2 nitrogen and oxygen atoms in total. The van der Waals surface area contributed by atoms with Crippen LogP contribution in [0.4, 0.5) is 0 Å². The van der Waals surface area contributed by atoms with Crippen molar-refractivity contribution in [3.8, 4) is 16.9 Å². The molecule has 0 saturated heterocycles. The maximum atomic E-state index is 11.0. The molecule has 0 radical (unpaired) electrons. The Hall–Kier alpha value is -0.840. The van der Waals surface area contributed by atoms with E-state index < -0.39 is 0 Å². The molecular formula is C21H22Br2O2. The van der Waals surface area contributed by atoms with Crippen molar-refractivity contribution in [3.63, 3.8) is 0 Å². The van der Waals surface area contributed by atoms with E-state index in [9.17, 15) is 10.2 Å². The summed E-state index contributed by atoms with van der Waals surface area (Å²) >= 11 is 7.23. The molecule has 2 aromatic rings. The van der Waals surface area contributed by atoms with Crippen molar-refractivity contribution >= 4 is 31.9 Å². The summed E-state index contributed by atoms with van der Waals surface area (Å²) < 4.78 is 1.71. The number of aromatic hydroxyl groups is 1. The van der Waals surface area contributed by atoms with Gasteiger partial charge in [0.05, 0.1) is 11.1 Å². The van der Waals surface area contributed by atoms with Crippen LogP contribution in [0.1, 0.15) is 53.5 Å². The second-order valence-corrected chi connectivity index (χ2v) is 8.85. The summed E-state index contributed by atoms with van der Waals surface area (Å²) in [6.45, 7) is -0.0239. The third-order valence-corrected chi connectivity index (χ3v) is 7.00. The van der Waals surface area contributed by atoms with E-state index in [1.807, 2.05) is 0 Å². The van der Waals surface area contributed by atoms with E-state index in [4.69, 9.17) is 0 Å². The van der Waals surface area contributed by atoms with Gasteiger partial charge in [0.2, 0.25) is 0 Å². The molecule has 0 bridgehead atoms. The summed E-state index contributed by atoms with van der Waals surface area (Å²) in [5.74, 6) is 0.321. The van der Waals surface area contributed by atoms with Gasteiger partial charge in [0, 0.05) is 10.0 Å². The maximum absolute atomic E-state index is 11.0. The van der Waals surface area contributed by atoms with Crippen LogP contribution in [0.15, 0.2) is 21.1 Å². The molecule has 4 rings (SSSR count). The van der Waals surface area contributed by atoms with Crippen LogP contribution in [-0.2, 0) is 32.3 Å². The van der Waals surface area contributed by atoms with Gasteiger partial charge in [0.1, 0.15) is 5.75 Å². The summed E-state index contributed by atoms with van der Waals surface area (Å²) in [6.07, 6.45) is 8.89. The zero-order valence-corrected chi connectivity index (χ0v) is 17.3. The van der Waals surface area contributed by atoms with Gasteiger partial charge in [-0.15, -0.1) is 0 Å². The van der Waals surface area contributed by atoms with Crippen LogP contribution < -0.4 is 0 Å². The van der Waals surface area contributed by atoms with Gasteiger partial charge in [0.25, 0.3) is 0 Å². The van der Waals surface area contributed by atoms with Gasteiger partial charge in [0.15, 0.2) is 0 Å². The van der Waals surface area contributed by atoms with Gasteiger partial charge < -0.3 is 10.2 Å². The first-order chi connectivity index (χ1) is 12.1. The van der Waals surface area contributed by atoms with Gasteiger partial charge in [-0.25, -0.2) is 0 Å². The Bertz CT molecular complexity index is 843. The van der Waals surface area contributed by atoms with Crippen LogP contribution in [-0.4, -0.2) is 10.2 Å². The van der Waals surface area contributed by atoms with E-state index >= 15 is 0 Å². The fourth-order valence-electron chi connectivity index (χ4n) is 4.50. The third-order valence-electron chi connectivity index (χ3n) is 5.69. The van der Waals surface area contributed by atoms with Crippen LogP contribution in [0.3, 0.4) is 0 Å². The normalized spacial score (nSPS) is 16.4. The molecule has 2 aliphatic rings. The molecule has 132 valence electrons. The van der Waals surface area contributed by atoms with Crippen molar-refractivity contribution in [2.45, 2.75) is 58.0 Å². The second kappa shape index (κ2) is 7.05. The van der Waals surface area contributed by atoms with Crippen LogP contribution in [0.5, 0.6) is 5.75 Å². The number of hydrogen-bond donors (Lipinski definition) is 2. The van der Waals surface area contributed by atoms with Gasteiger partial charge >= 0.3 is 0 Å². The summed E-state index contributed by atoms with van der Waals surface area (Å²) in [7, 11) is 0. The molecule has 2 N–H and O–H groups in total. The number of aliphatic hydroxyl groups is 1. The van der Waals surface area contributed by atoms with Crippen molar-refractivity contribution < 1.29 is 10.2 Å². The number of phenolic OH excluding ortho intramolecular Hbond substituents is 1. The first-order valence-corrected chi connectivity index (χ1v) is 10.7. The topological polar surface area (TPSA) is 40.5 Å². The van der Waals surface area contributed by atoms with Crippen molar-refractivity contribution in [2.75, 3.05) is 0 Å². The number of phenols is 1. The Kier molecular flexibility index (Phi) is 4.96. The van der Waals surface area contributed by atoms with Crippen molar-refractivity contribution in [2.24, 2.45) is 0 Å². The lowest BCUT2D eigenvalue weighted by Gasteiger charge is -2.28. The molecule has 0 heterocycles. The number of benzene rings is 2. The lowest BCUT2D eigenvalue weighted by atomic mass is 9.79. The number of fused-ring (bicyclic) bond motifs is 2. The molecule has 25 heavy (non-hydrogen) atoms. The number of aryl methyl sites for hydroxylation is 2. The standard InChI is InChI=1S/C21H22Br2O2/c22-17-9-12-5-1-3-7-14(12)19(16(17)11-24)20-15-8-4-2-6-13(15)10-18(23)21(20)25/h9-10,24-25H,1-8,11H2. The quantitative estimate of drug-likeness (QED) is 0.585. The highest BCUT2D eigenvalue weighted by Gasteiger charge is 2.27. The molecule has 0 aliphatic heterocycles. The lowest BCUT2D eigenvalue weighted by Crippen LogP contribution is -2.11. The zero-order valence-electron chi connectivity index (χ0n) is 14.2. The highest BCUT2D eigenvalue weighted by Crippen LogP contribution is 2.48. The average Bonchev–Trinajstić information content (AvgIpc) is 2.62. The minimum absolute atomic E-state index is 0.0239. The number of hydrogen-bond acceptors (Lipinski definition) is 2. The molecular weight excluding hydrogens is 444 g/mol. The number of aliphatic hydroxyl groups excluding tert-OH is 1. The Morgan fingerprint density at radius 3 is 1.88 bits per heavy atom. The van der Waals surface area contributed by atoms with Gasteiger partial charge in [-0.2, -0.15) is 0 Å². The van der Waals surface area contributed by atoms with E-state index in [1.165, 1.54) is 41.5 Å². The largest absolute Gasteiger partial charge is 0.506 e. The molecule has 0 atom stereocenters. The molecule has 0 saturated carbocycles. The fraction of sp³-hybridized carbons (Fsp3) is 0.429. The third kappa shape index (κ3) is 2.96. The smallest absolute Gasteiger partial charge is 0.137 e. The molecule has 0 spiro atoms. The predicted octanol–water partition coefficient (Wildman–Crippen LogP) is 5.83. The second-order valence-electron chi connectivity index (χ2n) is 7.14. The Morgan fingerprint density at radius 1 is 0.760 bits per heavy atom. The fourth-order valence-corrected chi connectivity index (χ4v) is 5.57. The molecule has 0 amide bonds. The SMILES string of the molecule is OCc1c(Br)cc2c(c1-c1c(O)c(Br)cc3c1CCCC3)CCCC2. The molecule has 2 aromatic carbocycles. The zero-order chi connectivity index (χ0) is 17.6. The monoisotopic (exact) mass is 464 g/mol. The predicted molar refractivity (Wildman–Crippen MR) is 108 cm³/mol.